The molecular weight excluding hydrogens is 376 g/mol. The number of nitrogens with zero attached hydrogens (tertiary/aromatic N) is 2. The van der Waals surface area contributed by atoms with Crippen LogP contribution in [0.3, 0.4) is 0 Å². The van der Waals surface area contributed by atoms with Crippen molar-refractivity contribution < 1.29 is 23.9 Å². The van der Waals surface area contributed by atoms with Crippen molar-refractivity contribution >= 4 is 18.0 Å². The van der Waals surface area contributed by atoms with Gasteiger partial charge in [-0.3, -0.25) is 0 Å². The van der Waals surface area contributed by atoms with E-state index in [-0.39, 0.29) is 24.5 Å². The van der Waals surface area contributed by atoms with E-state index in [0.717, 1.165) is 0 Å². The van der Waals surface area contributed by atoms with E-state index in [4.69, 9.17) is 9.47 Å². The molecule has 0 fully saturated rings. The maximum Gasteiger partial charge on any atom is 0.359 e. The summed E-state index contributed by atoms with van der Waals surface area (Å²) in [6.07, 6.45) is 1.60. The molecule has 1 aliphatic rings. The average molecular weight is 398 g/mol. The Morgan fingerprint density at radius 2 is 1.76 bits per heavy atom. The largest absolute Gasteiger partial charge is 0.463 e. The van der Waals surface area contributed by atoms with Crippen molar-refractivity contribution in [1.82, 2.24) is 20.4 Å². The molecule has 9 heteroatoms. The summed E-state index contributed by atoms with van der Waals surface area (Å²) in [5.41, 5.74) is 1.61. The molecule has 0 bridgehead atoms. The zero-order chi connectivity index (χ0) is 21.0. The van der Waals surface area contributed by atoms with Crippen molar-refractivity contribution in [2.45, 2.75) is 26.8 Å². The fourth-order valence-electron chi connectivity index (χ4n) is 3.08. The van der Waals surface area contributed by atoms with Crippen molar-refractivity contribution in [1.29, 1.82) is 0 Å². The number of carbonyl (C=O) groups is 3. The fourth-order valence-corrected chi connectivity index (χ4v) is 3.08. The summed E-state index contributed by atoms with van der Waals surface area (Å²) in [7, 11) is 0. The number of benzene rings is 1. The molecule has 0 spiro atoms. The van der Waals surface area contributed by atoms with Gasteiger partial charge in [0.15, 0.2) is 5.69 Å². The Bertz CT molecular complexity index is 965. The predicted molar refractivity (Wildman–Crippen MR) is 103 cm³/mol. The van der Waals surface area contributed by atoms with E-state index >= 15 is 0 Å². The number of urea groups is 1. The minimum Gasteiger partial charge on any atom is -0.463 e. The lowest BCUT2D eigenvalue weighted by Crippen LogP contribution is -2.45. The first kappa shape index (κ1) is 20.1. The van der Waals surface area contributed by atoms with Gasteiger partial charge in [-0.05, 0) is 32.9 Å². The summed E-state index contributed by atoms with van der Waals surface area (Å²) in [4.78, 5) is 37.2. The Morgan fingerprint density at radius 1 is 1.10 bits per heavy atom. The topological polar surface area (TPSA) is 112 Å². The highest BCUT2D eigenvalue weighted by molar-refractivity contribution is 5.96. The van der Waals surface area contributed by atoms with Gasteiger partial charge in [0.05, 0.1) is 30.5 Å². The van der Waals surface area contributed by atoms with E-state index in [9.17, 15) is 14.4 Å². The first-order chi connectivity index (χ1) is 14.0. The quantitative estimate of drug-likeness (QED) is 0.722. The summed E-state index contributed by atoms with van der Waals surface area (Å²) in [6.45, 7) is 5.31. The molecular formula is C20H22N4O5. The third-order valence-corrected chi connectivity index (χ3v) is 4.31. The van der Waals surface area contributed by atoms with E-state index in [2.05, 4.69) is 15.7 Å². The summed E-state index contributed by atoms with van der Waals surface area (Å²) < 4.78 is 11.8. The minimum atomic E-state index is -0.917. The van der Waals surface area contributed by atoms with Crippen LogP contribution in [0.1, 0.15) is 42.9 Å². The van der Waals surface area contributed by atoms with Gasteiger partial charge in [-0.2, -0.15) is 5.10 Å². The number of hydrogen-bond donors (Lipinski definition) is 2. The van der Waals surface area contributed by atoms with Crippen LogP contribution in [0.15, 0.2) is 47.8 Å². The van der Waals surface area contributed by atoms with E-state index < -0.39 is 24.0 Å². The summed E-state index contributed by atoms with van der Waals surface area (Å²) in [6, 6.07) is 7.75. The second-order valence-electron chi connectivity index (χ2n) is 6.22. The SMILES string of the molecule is CCOC(=O)C1=C(C)NC(=O)NC1c1cn(-c2ccccc2)nc1C(=O)OCC. The lowest BCUT2D eigenvalue weighted by atomic mass is 9.96. The van der Waals surface area contributed by atoms with Gasteiger partial charge in [0.2, 0.25) is 0 Å². The van der Waals surface area contributed by atoms with Gasteiger partial charge in [-0.15, -0.1) is 0 Å². The van der Waals surface area contributed by atoms with Gasteiger partial charge < -0.3 is 20.1 Å². The van der Waals surface area contributed by atoms with Crippen molar-refractivity contribution in [3.8, 4) is 5.69 Å². The fraction of sp³-hybridized carbons (Fsp3) is 0.300. The number of amides is 2. The monoisotopic (exact) mass is 398 g/mol. The Labute approximate surface area is 167 Å². The van der Waals surface area contributed by atoms with Crippen LogP contribution >= 0.6 is 0 Å². The van der Waals surface area contributed by atoms with E-state index in [0.29, 0.717) is 16.9 Å². The van der Waals surface area contributed by atoms with Gasteiger partial charge in [0.25, 0.3) is 0 Å². The molecule has 3 rings (SSSR count). The van der Waals surface area contributed by atoms with Gasteiger partial charge >= 0.3 is 18.0 Å². The van der Waals surface area contributed by atoms with Crippen molar-refractivity contribution in [2.75, 3.05) is 13.2 Å². The first-order valence-corrected chi connectivity index (χ1v) is 9.23. The number of nitrogens with one attached hydrogen (secondary N) is 2. The van der Waals surface area contributed by atoms with Crippen LogP contribution in [0, 0.1) is 0 Å². The highest BCUT2D eigenvalue weighted by Crippen LogP contribution is 2.30. The molecule has 2 amide bonds. The van der Waals surface area contributed by atoms with Gasteiger partial charge in [-0.25, -0.2) is 19.1 Å². The van der Waals surface area contributed by atoms with Crippen molar-refractivity contribution in [3.63, 3.8) is 0 Å². The average Bonchev–Trinajstić information content (AvgIpc) is 3.14. The molecule has 0 saturated carbocycles. The normalized spacial score (nSPS) is 16.1. The number of ether oxygens (including phenoxy) is 2. The molecule has 29 heavy (non-hydrogen) atoms. The smallest absolute Gasteiger partial charge is 0.359 e. The molecule has 1 unspecified atom stereocenters. The van der Waals surface area contributed by atoms with Crippen LogP contribution in [0.4, 0.5) is 4.79 Å². The summed E-state index contributed by atoms with van der Waals surface area (Å²) in [5.74, 6) is -1.24. The molecule has 1 aromatic carbocycles. The number of rotatable bonds is 6. The lowest BCUT2D eigenvalue weighted by Gasteiger charge is -2.27. The number of allylic oxidation sites excluding steroid dienone is 1. The summed E-state index contributed by atoms with van der Waals surface area (Å²) >= 11 is 0. The van der Waals surface area contributed by atoms with Gasteiger partial charge in [-0.1, -0.05) is 18.2 Å². The van der Waals surface area contributed by atoms with Crippen LogP contribution in [-0.2, 0) is 14.3 Å². The van der Waals surface area contributed by atoms with Crippen LogP contribution in [0.25, 0.3) is 5.69 Å². The van der Waals surface area contributed by atoms with Crippen LogP contribution in [0.5, 0.6) is 0 Å². The molecule has 1 aliphatic heterocycles. The van der Waals surface area contributed by atoms with Crippen LogP contribution in [0.2, 0.25) is 0 Å². The molecule has 0 aliphatic carbocycles. The predicted octanol–water partition coefficient (Wildman–Crippen LogP) is 2.24. The van der Waals surface area contributed by atoms with Gasteiger partial charge in [0, 0.05) is 17.5 Å². The number of para-hydroxylation sites is 1. The van der Waals surface area contributed by atoms with Gasteiger partial charge in [0.1, 0.15) is 0 Å². The molecule has 0 saturated heterocycles. The molecule has 2 aromatic rings. The van der Waals surface area contributed by atoms with Crippen LogP contribution in [-0.4, -0.2) is 41.0 Å². The zero-order valence-corrected chi connectivity index (χ0v) is 16.4. The van der Waals surface area contributed by atoms with E-state index in [1.54, 1.807) is 27.0 Å². The number of aromatic nitrogens is 2. The molecule has 152 valence electrons. The highest BCUT2D eigenvalue weighted by Gasteiger charge is 2.36. The first-order valence-electron chi connectivity index (χ1n) is 9.23. The summed E-state index contributed by atoms with van der Waals surface area (Å²) in [5, 5.41) is 9.61. The molecule has 1 atom stereocenters. The maximum absolute atomic E-state index is 12.6. The molecule has 0 radical (unpaired) electrons. The molecule has 9 nitrogen and oxygen atoms in total. The van der Waals surface area contributed by atoms with Crippen molar-refractivity contribution in [3.05, 3.63) is 59.1 Å². The highest BCUT2D eigenvalue weighted by atomic mass is 16.5. The Kier molecular flexibility index (Phi) is 5.96. The molecule has 1 aromatic heterocycles. The Morgan fingerprint density at radius 3 is 2.41 bits per heavy atom. The Balaban J connectivity index is 2.14. The maximum atomic E-state index is 12.6. The second kappa shape index (κ2) is 8.59. The second-order valence-corrected chi connectivity index (χ2v) is 6.22. The van der Waals surface area contributed by atoms with Crippen molar-refractivity contribution in [2.24, 2.45) is 0 Å². The zero-order valence-electron chi connectivity index (χ0n) is 16.4. The minimum absolute atomic E-state index is 0.0116. The third-order valence-electron chi connectivity index (χ3n) is 4.31. The van der Waals surface area contributed by atoms with Crippen LogP contribution < -0.4 is 10.6 Å². The number of carbonyl (C=O) groups excluding carboxylic acids is 3. The van der Waals surface area contributed by atoms with E-state index in [1.807, 2.05) is 30.3 Å². The molecule has 2 heterocycles. The number of hydrogen-bond acceptors (Lipinski definition) is 6. The standard InChI is InChI=1S/C20H22N4O5/c1-4-28-18(25)15-12(3)21-20(27)22-16(15)14-11-24(13-9-7-6-8-10-13)23-17(14)19(26)29-5-2/h6-11,16H,4-5H2,1-3H3,(H2,21,22,27). The lowest BCUT2D eigenvalue weighted by molar-refractivity contribution is -0.139. The Hall–Kier alpha value is -3.62. The number of esters is 2. The third kappa shape index (κ3) is 4.13. The van der Waals surface area contributed by atoms with E-state index in [1.165, 1.54) is 4.68 Å². The molecule has 2 N–H and O–H groups in total.